The first-order valence-electron chi connectivity index (χ1n) is 14.1. The van der Waals surface area contributed by atoms with Crippen LogP contribution in [0.1, 0.15) is 40.3 Å². The van der Waals surface area contributed by atoms with Crippen LogP contribution in [0.15, 0.2) is 106 Å². The number of allylic oxidation sites excluding steroid dienone is 1. The van der Waals surface area contributed by atoms with Crippen molar-refractivity contribution in [1.82, 2.24) is 4.57 Å². The van der Waals surface area contributed by atoms with Crippen molar-refractivity contribution in [1.29, 1.82) is 0 Å². The summed E-state index contributed by atoms with van der Waals surface area (Å²) in [5.74, 6) is 2.22. The van der Waals surface area contributed by atoms with E-state index in [-0.39, 0.29) is 18.4 Å². The number of aromatic nitrogens is 1. The predicted molar refractivity (Wildman–Crippen MR) is 168 cm³/mol. The minimum absolute atomic E-state index is 0.0674. The first kappa shape index (κ1) is 26.1. The summed E-state index contributed by atoms with van der Waals surface area (Å²) in [6, 6.07) is 29.4. The smallest absolute Gasteiger partial charge is 0.271 e. The number of aryl methyl sites for hydroxylation is 1. The number of nitrogens with zero attached hydrogens (tertiary/aromatic N) is 2. The van der Waals surface area contributed by atoms with Crippen LogP contribution in [0.5, 0.6) is 17.2 Å². The first-order valence-corrected chi connectivity index (χ1v) is 15.3. The van der Waals surface area contributed by atoms with E-state index in [1.807, 2.05) is 83.4 Å². The quantitative estimate of drug-likeness (QED) is 0.237. The van der Waals surface area contributed by atoms with Crippen LogP contribution in [0, 0.1) is 0 Å². The normalized spacial score (nSPS) is 16.8. The molecule has 5 aromatic rings. The molecule has 0 bridgehead atoms. The highest BCUT2D eigenvalue weighted by molar-refractivity contribution is 7.07. The number of ether oxygens (including phenoxy) is 3. The van der Waals surface area contributed by atoms with Gasteiger partial charge < -0.3 is 14.2 Å². The second-order valence-electron chi connectivity index (χ2n) is 10.7. The number of halogens is 1. The van der Waals surface area contributed by atoms with Gasteiger partial charge >= 0.3 is 0 Å². The van der Waals surface area contributed by atoms with Crippen LogP contribution in [0.3, 0.4) is 0 Å². The van der Waals surface area contributed by atoms with Crippen LogP contribution in [0.4, 0.5) is 0 Å². The number of rotatable bonds is 5. The molecule has 212 valence electrons. The third-order valence-corrected chi connectivity index (χ3v) is 9.42. The van der Waals surface area contributed by atoms with Gasteiger partial charge in [0.25, 0.3) is 5.56 Å². The van der Waals surface area contributed by atoms with Gasteiger partial charge in [-0.2, -0.15) is 0 Å². The van der Waals surface area contributed by atoms with Crippen molar-refractivity contribution in [3.8, 4) is 17.2 Å². The molecule has 6 nitrogen and oxygen atoms in total. The molecule has 0 fully saturated rings. The van der Waals surface area contributed by atoms with Gasteiger partial charge in [0.2, 0.25) is 6.79 Å². The van der Waals surface area contributed by atoms with E-state index in [0.29, 0.717) is 21.0 Å². The van der Waals surface area contributed by atoms with Gasteiger partial charge in [-0.15, -0.1) is 0 Å². The van der Waals surface area contributed by atoms with E-state index >= 15 is 0 Å². The fourth-order valence-corrected chi connectivity index (χ4v) is 7.24. The molecule has 0 N–H and O–H groups in total. The SMILES string of the molecule is O=c1/c(=C/c2ccc(OCc3ccc4c(c3)OCO4)cc2)sc2n1C(c1ccccc1Cl)C1=C(N=2)c2ccccc2CC1. The predicted octanol–water partition coefficient (Wildman–Crippen LogP) is 6.28. The van der Waals surface area contributed by atoms with Gasteiger partial charge in [-0.25, -0.2) is 4.99 Å². The second-order valence-corrected chi connectivity index (χ2v) is 12.1. The molecular formula is C35H25ClN2O4S. The van der Waals surface area contributed by atoms with Crippen LogP contribution in [-0.4, -0.2) is 11.4 Å². The summed E-state index contributed by atoms with van der Waals surface area (Å²) in [6.07, 6.45) is 3.65. The Hall–Kier alpha value is -4.59. The zero-order valence-electron chi connectivity index (χ0n) is 23.0. The number of hydrogen-bond donors (Lipinski definition) is 0. The zero-order valence-corrected chi connectivity index (χ0v) is 24.5. The lowest BCUT2D eigenvalue weighted by molar-refractivity contribution is 0.174. The summed E-state index contributed by atoms with van der Waals surface area (Å²) in [4.78, 5) is 19.8. The van der Waals surface area contributed by atoms with Gasteiger partial charge in [-0.05, 0) is 77.1 Å². The highest BCUT2D eigenvalue weighted by Crippen LogP contribution is 2.42. The van der Waals surface area contributed by atoms with Gasteiger partial charge in [0.05, 0.1) is 16.3 Å². The third-order valence-electron chi connectivity index (χ3n) is 8.09. The Kier molecular flexibility index (Phi) is 6.42. The Morgan fingerprint density at radius 3 is 2.65 bits per heavy atom. The van der Waals surface area contributed by atoms with Gasteiger partial charge in [0.1, 0.15) is 12.4 Å². The largest absolute Gasteiger partial charge is 0.489 e. The molecule has 1 aliphatic carbocycles. The third kappa shape index (κ3) is 4.65. The molecule has 0 amide bonds. The van der Waals surface area contributed by atoms with E-state index < -0.39 is 0 Å². The lowest BCUT2D eigenvalue weighted by Crippen LogP contribution is -2.38. The molecule has 0 saturated carbocycles. The molecule has 0 saturated heterocycles. The van der Waals surface area contributed by atoms with Gasteiger partial charge in [-0.3, -0.25) is 9.36 Å². The van der Waals surface area contributed by atoms with E-state index in [4.69, 9.17) is 30.8 Å². The maximum Gasteiger partial charge on any atom is 0.271 e. The Morgan fingerprint density at radius 1 is 0.953 bits per heavy atom. The van der Waals surface area contributed by atoms with E-state index in [2.05, 4.69) is 18.2 Å². The zero-order chi connectivity index (χ0) is 28.9. The van der Waals surface area contributed by atoms with Gasteiger partial charge in [0.15, 0.2) is 16.3 Å². The van der Waals surface area contributed by atoms with Crippen molar-refractivity contribution in [3.63, 3.8) is 0 Å². The summed E-state index contributed by atoms with van der Waals surface area (Å²) < 4.78 is 19.3. The van der Waals surface area contributed by atoms with Crippen molar-refractivity contribution < 1.29 is 14.2 Å². The summed E-state index contributed by atoms with van der Waals surface area (Å²) >= 11 is 8.16. The average Bonchev–Trinajstić information content (AvgIpc) is 3.63. The Balaban J connectivity index is 1.14. The molecule has 1 unspecified atom stereocenters. The molecule has 1 aromatic heterocycles. The van der Waals surface area contributed by atoms with Crippen molar-refractivity contribution in [2.75, 3.05) is 6.79 Å². The van der Waals surface area contributed by atoms with Crippen molar-refractivity contribution in [2.24, 2.45) is 4.99 Å². The van der Waals surface area contributed by atoms with Crippen LogP contribution < -0.4 is 29.1 Å². The highest BCUT2D eigenvalue weighted by Gasteiger charge is 2.33. The minimum Gasteiger partial charge on any atom is -0.489 e. The Morgan fingerprint density at radius 2 is 1.77 bits per heavy atom. The average molecular weight is 605 g/mol. The van der Waals surface area contributed by atoms with E-state index in [0.717, 1.165) is 63.6 Å². The van der Waals surface area contributed by atoms with Gasteiger partial charge in [-0.1, -0.05) is 83.6 Å². The molecular weight excluding hydrogens is 580 g/mol. The minimum atomic E-state index is -0.303. The van der Waals surface area contributed by atoms with Gasteiger partial charge in [0, 0.05) is 10.6 Å². The van der Waals surface area contributed by atoms with E-state index in [1.54, 1.807) is 0 Å². The molecule has 8 rings (SSSR count). The van der Waals surface area contributed by atoms with Crippen molar-refractivity contribution >= 4 is 34.7 Å². The molecule has 3 heterocycles. The number of hydrogen-bond acceptors (Lipinski definition) is 6. The van der Waals surface area contributed by atoms with Crippen LogP contribution in [0.25, 0.3) is 11.8 Å². The molecule has 3 aliphatic rings. The molecule has 8 heteroatoms. The van der Waals surface area contributed by atoms with E-state index in [9.17, 15) is 4.79 Å². The number of benzene rings is 4. The molecule has 0 radical (unpaired) electrons. The van der Waals surface area contributed by atoms with Crippen LogP contribution in [-0.2, 0) is 13.0 Å². The highest BCUT2D eigenvalue weighted by atomic mass is 35.5. The van der Waals surface area contributed by atoms with Crippen molar-refractivity contribution in [2.45, 2.75) is 25.5 Å². The second kappa shape index (κ2) is 10.6. The Labute approximate surface area is 256 Å². The monoisotopic (exact) mass is 604 g/mol. The summed E-state index contributed by atoms with van der Waals surface area (Å²) in [5, 5.41) is 0.644. The molecule has 2 aliphatic heterocycles. The fraction of sp³-hybridized carbons (Fsp3) is 0.143. The number of thiazole rings is 1. The van der Waals surface area contributed by atoms with Crippen molar-refractivity contribution in [3.05, 3.63) is 149 Å². The summed E-state index contributed by atoms with van der Waals surface area (Å²) in [7, 11) is 0. The van der Waals surface area contributed by atoms with E-state index in [1.165, 1.54) is 16.9 Å². The lowest BCUT2D eigenvalue weighted by atomic mass is 9.83. The fourth-order valence-electron chi connectivity index (χ4n) is 6.00. The molecule has 4 aromatic carbocycles. The maximum absolute atomic E-state index is 14.0. The first-order chi connectivity index (χ1) is 21.1. The number of fused-ring (bicyclic) bond motifs is 4. The standard InChI is InChI=1S/C35H25ClN2O4S/c36-28-8-4-3-7-26(28)33-27-15-12-23-5-1-2-6-25(23)32(27)37-35-38(33)34(39)31(43-35)18-21-9-13-24(14-10-21)40-19-22-11-16-29-30(17-22)42-20-41-29/h1-11,13-14,16-18,33H,12,15,19-20H2/b31-18-. The molecule has 1 atom stereocenters. The molecule has 43 heavy (non-hydrogen) atoms. The summed E-state index contributed by atoms with van der Waals surface area (Å²) in [6.45, 7) is 0.653. The summed E-state index contributed by atoms with van der Waals surface area (Å²) in [5.41, 5.74) is 7.26. The maximum atomic E-state index is 14.0. The van der Waals surface area contributed by atoms with Crippen LogP contribution >= 0.6 is 22.9 Å². The van der Waals surface area contributed by atoms with Crippen LogP contribution in [0.2, 0.25) is 5.02 Å². The molecule has 0 spiro atoms. The Bertz CT molecular complexity index is 2110. The topological polar surface area (TPSA) is 62.1 Å². The lowest BCUT2D eigenvalue weighted by Gasteiger charge is -2.31.